The van der Waals surface area contributed by atoms with E-state index in [9.17, 15) is 13.2 Å². The average molecular weight is 411 g/mol. The third-order valence-electron chi connectivity index (χ3n) is 0.167. The fourth-order valence-electron chi connectivity index (χ4n) is 0. The van der Waals surface area contributed by atoms with Crippen molar-refractivity contribution in [3.05, 3.63) is 0 Å². The summed E-state index contributed by atoms with van der Waals surface area (Å²) < 4.78 is 28.0. The summed E-state index contributed by atoms with van der Waals surface area (Å²) in [5.74, 6) is 0.167. The van der Waals surface area contributed by atoms with Gasteiger partial charge >= 0.3 is 0 Å². The number of carbonyl (C=O) groups is 1. The SMILES string of the molecule is CC(C)(C)C.CC(C)=O.COC.COSC.CS(C)(=O)=O.CSC. The molecule has 0 aromatic heterocycles. The van der Waals surface area contributed by atoms with Crippen molar-refractivity contribution in [1.82, 2.24) is 0 Å². The lowest BCUT2D eigenvalue weighted by atomic mass is 10.0. The van der Waals surface area contributed by atoms with Crippen LogP contribution in [0.4, 0.5) is 0 Å². The number of ketones is 1. The molecule has 0 aliphatic rings. The van der Waals surface area contributed by atoms with Gasteiger partial charge in [0, 0.05) is 33.0 Å². The lowest BCUT2D eigenvalue weighted by Gasteiger charge is -2.05. The standard InChI is InChI=1S/C5H12.C3H6O.C2H6O2S.C2H6OS.C2H6O.C2H6S/c1-5(2,3)4;1-3(2)4;1-5(2,3)4;1-3-4-2;2*1-3-2/h1-4H3;1-2H3;1-2H3;1-2H3;2*1-2H3. The van der Waals surface area contributed by atoms with E-state index in [-0.39, 0.29) is 5.78 Å². The van der Waals surface area contributed by atoms with Gasteiger partial charge in [0.1, 0.15) is 15.6 Å². The number of hydrogen-bond acceptors (Lipinski definition) is 7. The Labute approximate surface area is 161 Å². The van der Waals surface area contributed by atoms with Gasteiger partial charge in [-0.05, 0) is 43.8 Å². The first kappa shape index (κ1) is 39.4. The van der Waals surface area contributed by atoms with Crippen LogP contribution >= 0.6 is 23.8 Å². The van der Waals surface area contributed by atoms with Crippen molar-refractivity contribution in [3.63, 3.8) is 0 Å². The number of methoxy groups -OCH3 is 1. The normalized spacial score (nSPS) is 8.75. The van der Waals surface area contributed by atoms with E-state index in [4.69, 9.17) is 0 Å². The number of carbonyl (C=O) groups excluding carboxylic acids is 1. The van der Waals surface area contributed by atoms with E-state index in [1.807, 2.05) is 18.8 Å². The summed E-state index contributed by atoms with van der Waals surface area (Å²) in [7, 11) is 2.23. The highest BCUT2D eigenvalue weighted by Crippen LogP contribution is 2.08. The molecule has 154 valence electrons. The quantitative estimate of drug-likeness (QED) is 0.591. The zero-order chi connectivity index (χ0) is 21.4. The molecule has 24 heavy (non-hydrogen) atoms. The summed E-state index contributed by atoms with van der Waals surface area (Å²) >= 11 is 3.11. The highest BCUT2D eigenvalue weighted by atomic mass is 32.2. The largest absolute Gasteiger partial charge is 0.388 e. The van der Waals surface area contributed by atoms with E-state index < -0.39 is 9.84 Å². The van der Waals surface area contributed by atoms with E-state index in [0.29, 0.717) is 5.41 Å². The van der Waals surface area contributed by atoms with Crippen LogP contribution in [0.3, 0.4) is 0 Å². The van der Waals surface area contributed by atoms with Crippen LogP contribution < -0.4 is 0 Å². The van der Waals surface area contributed by atoms with Crippen LogP contribution in [0.15, 0.2) is 0 Å². The Balaban J connectivity index is -0.0000000410. The zero-order valence-corrected chi connectivity index (χ0v) is 20.7. The summed E-state index contributed by atoms with van der Waals surface area (Å²) in [6, 6.07) is 0. The Morgan fingerprint density at radius 3 is 0.917 bits per heavy atom. The number of hydrogen-bond donors (Lipinski definition) is 0. The first-order chi connectivity index (χ1) is 10.5. The molecule has 0 rings (SSSR count). The molecule has 0 saturated heterocycles. The van der Waals surface area contributed by atoms with Gasteiger partial charge in [-0.1, -0.05) is 27.7 Å². The molecule has 0 aliphatic carbocycles. The number of Topliss-reactive ketones (excluding diaryl/α,β-unsaturated/α-hetero) is 1. The summed E-state index contributed by atoms with van der Waals surface area (Å²) in [6.07, 6.45) is 8.28. The Morgan fingerprint density at radius 1 is 0.875 bits per heavy atom. The van der Waals surface area contributed by atoms with E-state index in [0.717, 1.165) is 12.5 Å². The minimum atomic E-state index is -2.67. The zero-order valence-electron chi connectivity index (χ0n) is 18.3. The minimum absolute atomic E-state index is 0.167. The van der Waals surface area contributed by atoms with Crippen LogP contribution in [0.25, 0.3) is 0 Å². The van der Waals surface area contributed by atoms with Crippen molar-refractivity contribution < 1.29 is 22.1 Å². The monoisotopic (exact) mass is 410 g/mol. The van der Waals surface area contributed by atoms with Crippen molar-refractivity contribution in [2.75, 3.05) is 52.6 Å². The molecule has 5 nitrogen and oxygen atoms in total. The molecule has 0 unspecified atom stereocenters. The molecular formula is C16H42O5S3. The van der Waals surface area contributed by atoms with Gasteiger partial charge in [-0.15, -0.1) is 0 Å². The second kappa shape index (κ2) is 31.1. The van der Waals surface area contributed by atoms with Crippen molar-refractivity contribution in [1.29, 1.82) is 0 Å². The fourth-order valence-corrected chi connectivity index (χ4v) is 0. The molecule has 0 amide bonds. The molecule has 0 radical (unpaired) electrons. The lowest BCUT2D eigenvalue weighted by Crippen LogP contribution is -1.93. The summed E-state index contributed by atoms with van der Waals surface area (Å²) in [5, 5.41) is 0. The van der Waals surface area contributed by atoms with Crippen LogP contribution in [0.1, 0.15) is 41.5 Å². The molecule has 0 spiro atoms. The Bertz CT molecular complexity index is 275. The van der Waals surface area contributed by atoms with Crippen LogP contribution in [-0.4, -0.2) is 66.8 Å². The van der Waals surface area contributed by atoms with Crippen LogP contribution in [0, 0.1) is 5.41 Å². The van der Waals surface area contributed by atoms with E-state index in [1.165, 1.54) is 25.9 Å². The molecule has 0 atom stereocenters. The Kier molecular flexibility index (Phi) is 50.9. The van der Waals surface area contributed by atoms with Crippen molar-refractivity contribution >= 4 is 39.4 Å². The summed E-state index contributed by atoms with van der Waals surface area (Å²) in [4.78, 5) is 9.44. The molecule has 0 aromatic rings. The van der Waals surface area contributed by atoms with Gasteiger partial charge in [0.2, 0.25) is 0 Å². The smallest absolute Gasteiger partial charge is 0.144 e. The van der Waals surface area contributed by atoms with Crippen LogP contribution in [-0.2, 0) is 23.6 Å². The van der Waals surface area contributed by atoms with Crippen molar-refractivity contribution in [3.8, 4) is 0 Å². The molecule has 0 fully saturated rings. The molecule has 0 heterocycles. The fraction of sp³-hybridized carbons (Fsp3) is 0.938. The molecule has 0 aromatic carbocycles. The third kappa shape index (κ3) is 6530. The first-order valence-corrected chi connectivity index (χ1v) is 12.1. The second-order valence-electron chi connectivity index (χ2n) is 6.20. The molecule has 0 saturated carbocycles. The van der Waals surface area contributed by atoms with Gasteiger partial charge in [-0.3, -0.25) is 0 Å². The van der Waals surface area contributed by atoms with Crippen molar-refractivity contribution in [2.24, 2.45) is 5.41 Å². The van der Waals surface area contributed by atoms with Gasteiger partial charge in [-0.25, -0.2) is 8.42 Å². The molecule has 0 bridgehead atoms. The second-order valence-corrected chi connectivity index (χ2v) is 9.97. The number of ether oxygens (including phenoxy) is 1. The lowest BCUT2D eigenvalue weighted by molar-refractivity contribution is -0.114. The van der Waals surface area contributed by atoms with Gasteiger partial charge < -0.3 is 13.7 Å². The Hall–Kier alpha value is 0.240. The number of sulfone groups is 1. The summed E-state index contributed by atoms with van der Waals surface area (Å²) in [5.41, 5.74) is 0.500. The average Bonchev–Trinajstić information content (AvgIpc) is 2.25. The molecule has 0 aliphatic heterocycles. The maximum absolute atomic E-state index is 9.63. The predicted molar refractivity (Wildman–Crippen MR) is 115 cm³/mol. The van der Waals surface area contributed by atoms with Gasteiger partial charge in [0.25, 0.3) is 0 Å². The maximum atomic E-state index is 9.63. The van der Waals surface area contributed by atoms with Crippen molar-refractivity contribution in [2.45, 2.75) is 41.5 Å². The van der Waals surface area contributed by atoms with Crippen LogP contribution in [0.5, 0.6) is 0 Å². The van der Waals surface area contributed by atoms with Gasteiger partial charge in [-0.2, -0.15) is 11.8 Å². The Morgan fingerprint density at radius 2 is 0.917 bits per heavy atom. The highest BCUT2D eigenvalue weighted by molar-refractivity contribution is 7.97. The van der Waals surface area contributed by atoms with E-state index >= 15 is 0 Å². The van der Waals surface area contributed by atoms with Gasteiger partial charge in [0.15, 0.2) is 0 Å². The third-order valence-corrected chi connectivity index (χ3v) is 0.500. The van der Waals surface area contributed by atoms with E-state index in [1.54, 1.807) is 33.1 Å². The molecule has 8 heteroatoms. The molecule has 0 N–H and O–H groups in total. The van der Waals surface area contributed by atoms with Crippen LogP contribution in [0.2, 0.25) is 0 Å². The topological polar surface area (TPSA) is 69.7 Å². The minimum Gasteiger partial charge on any atom is -0.388 e. The maximum Gasteiger partial charge on any atom is 0.144 e. The summed E-state index contributed by atoms with van der Waals surface area (Å²) in [6.45, 7) is 11.8. The number of thioether (sulfide) groups is 1. The number of rotatable bonds is 1. The van der Waals surface area contributed by atoms with E-state index in [2.05, 4.69) is 36.6 Å². The first-order valence-electron chi connectivity index (χ1n) is 6.97. The highest BCUT2D eigenvalue weighted by Gasteiger charge is 1.95. The van der Waals surface area contributed by atoms with Gasteiger partial charge in [0.05, 0.1) is 7.11 Å². The molecular weight excluding hydrogens is 368 g/mol. The predicted octanol–water partition coefficient (Wildman–Crippen LogP) is 4.46.